The molecule has 4 heteroatoms. The fourth-order valence-electron chi connectivity index (χ4n) is 6.32. The Morgan fingerprint density at radius 3 is 2.56 bits per heavy atom. The van der Waals surface area contributed by atoms with Crippen LogP contribution in [0.3, 0.4) is 0 Å². The van der Waals surface area contributed by atoms with Gasteiger partial charge in [0.05, 0.1) is 12.6 Å². The fourth-order valence-corrected chi connectivity index (χ4v) is 6.32. The summed E-state index contributed by atoms with van der Waals surface area (Å²) in [7, 11) is 2.12. The number of nitrogens with zero attached hydrogens (tertiary/aromatic N) is 1. The number of fused-ring (bicyclic) bond motifs is 1. The maximum atomic E-state index is 11.0. The molecule has 3 rings (SSSR count). The Kier molecular flexibility index (Phi) is 8.01. The lowest BCUT2D eigenvalue weighted by atomic mass is 9.62. The molecule has 0 amide bonds. The number of rotatable bonds is 8. The van der Waals surface area contributed by atoms with Crippen LogP contribution in [0.1, 0.15) is 90.4 Å². The topological polar surface area (TPSA) is 52.6 Å². The van der Waals surface area contributed by atoms with Crippen molar-refractivity contribution in [3.63, 3.8) is 0 Å². The van der Waals surface area contributed by atoms with Crippen molar-refractivity contribution in [1.29, 1.82) is 0 Å². The van der Waals surface area contributed by atoms with Crippen LogP contribution in [0.5, 0.6) is 0 Å². The molecular formula is C23H42N2O2. The first kappa shape index (κ1) is 21.1. The molecule has 1 aliphatic heterocycles. The van der Waals surface area contributed by atoms with Gasteiger partial charge in [-0.05, 0) is 56.4 Å². The highest BCUT2D eigenvalue weighted by molar-refractivity contribution is 5.66. The Morgan fingerprint density at radius 1 is 1.07 bits per heavy atom. The molecule has 1 saturated heterocycles. The van der Waals surface area contributed by atoms with Crippen LogP contribution in [-0.4, -0.2) is 41.8 Å². The number of hydrogen-bond acceptors (Lipinski definition) is 3. The molecule has 0 spiro atoms. The molecule has 156 valence electrons. The first-order chi connectivity index (χ1) is 13.1. The third-order valence-electron chi connectivity index (χ3n) is 7.89. The summed E-state index contributed by atoms with van der Waals surface area (Å²) >= 11 is 0. The van der Waals surface area contributed by atoms with Crippen LogP contribution in [0.4, 0.5) is 0 Å². The van der Waals surface area contributed by atoms with Gasteiger partial charge in [-0.15, -0.1) is 0 Å². The molecule has 3 aliphatic rings. The average molecular weight is 379 g/mol. The van der Waals surface area contributed by atoms with Crippen LogP contribution < -0.4 is 5.32 Å². The highest BCUT2D eigenvalue weighted by atomic mass is 16.4. The minimum Gasteiger partial charge on any atom is -0.481 e. The smallest absolute Gasteiger partial charge is 0.304 e. The molecule has 0 bridgehead atoms. The van der Waals surface area contributed by atoms with E-state index in [9.17, 15) is 4.79 Å². The van der Waals surface area contributed by atoms with Crippen molar-refractivity contribution in [2.45, 2.75) is 103 Å². The normalized spacial score (nSPS) is 35.1. The van der Waals surface area contributed by atoms with Gasteiger partial charge in [-0.2, -0.15) is 0 Å². The summed E-state index contributed by atoms with van der Waals surface area (Å²) in [5.74, 6) is 2.87. The quantitative estimate of drug-likeness (QED) is 0.632. The number of carboxylic acids is 1. The number of piperidine rings is 1. The highest BCUT2D eigenvalue weighted by Crippen LogP contribution is 2.47. The van der Waals surface area contributed by atoms with Crippen LogP contribution >= 0.6 is 0 Å². The summed E-state index contributed by atoms with van der Waals surface area (Å²) in [4.78, 5) is 13.3. The minimum absolute atomic E-state index is 0.246. The second kappa shape index (κ2) is 10.2. The van der Waals surface area contributed by atoms with Gasteiger partial charge in [0.2, 0.25) is 0 Å². The number of aliphatic carboxylic acids is 1. The average Bonchev–Trinajstić information content (AvgIpc) is 2.70. The Hall–Kier alpha value is -0.610. The van der Waals surface area contributed by atoms with E-state index < -0.39 is 5.97 Å². The number of carbonyl (C=O) groups is 1. The predicted octanol–water partition coefficient (Wildman–Crippen LogP) is 4.88. The maximum Gasteiger partial charge on any atom is 0.304 e. The van der Waals surface area contributed by atoms with E-state index in [-0.39, 0.29) is 6.42 Å². The first-order valence-electron chi connectivity index (χ1n) is 11.8. The van der Waals surface area contributed by atoms with E-state index in [2.05, 4.69) is 24.2 Å². The van der Waals surface area contributed by atoms with E-state index >= 15 is 0 Å². The molecule has 0 aromatic rings. The van der Waals surface area contributed by atoms with Gasteiger partial charge >= 0.3 is 5.97 Å². The van der Waals surface area contributed by atoms with Gasteiger partial charge in [-0.25, -0.2) is 0 Å². The molecule has 3 fully saturated rings. The molecule has 0 aromatic heterocycles. The monoisotopic (exact) mass is 378 g/mol. The summed E-state index contributed by atoms with van der Waals surface area (Å²) in [5, 5.41) is 13.0. The van der Waals surface area contributed by atoms with Gasteiger partial charge in [-0.3, -0.25) is 15.0 Å². The van der Waals surface area contributed by atoms with Crippen molar-refractivity contribution < 1.29 is 9.90 Å². The summed E-state index contributed by atoms with van der Waals surface area (Å²) in [6.45, 7) is 2.97. The van der Waals surface area contributed by atoms with Crippen molar-refractivity contribution >= 4 is 5.97 Å². The third kappa shape index (κ3) is 5.69. The van der Waals surface area contributed by atoms with E-state index in [4.69, 9.17) is 5.11 Å². The van der Waals surface area contributed by atoms with E-state index in [1.165, 1.54) is 77.0 Å². The van der Waals surface area contributed by atoms with Crippen LogP contribution in [-0.2, 0) is 4.79 Å². The van der Waals surface area contributed by atoms with Crippen LogP contribution in [0.2, 0.25) is 0 Å². The lowest BCUT2D eigenvalue weighted by Crippen LogP contribution is -2.60. The Bertz CT molecular complexity index is 463. The second-order valence-corrected chi connectivity index (χ2v) is 9.70. The van der Waals surface area contributed by atoms with Gasteiger partial charge in [-0.1, -0.05) is 58.3 Å². The SMILES string of the molecule is CCCCC1CCC2NC(N(C)CCC(=O)O)CC(C3CCCCC3)C2C1. The van der Waals surface area contributed by atoms with Crippen molar-refractivity contribution in [3.8, 4) is 0 Å². The molecule has 2 saturated carbocycles. The van der Waals surface area contributed by atoms with Crippen molar-refractivity contribution in [2.75, 3.05) is 13.6 Å². The zero-order valence-corrected chi connectivity index (χ0v) is 17.7. The summed E-state index contributed by atoms with van der Waals surface area (Å²) in [6.07, 6.45) is 17.3. The molecule has 5 atom stereocenters. The largest absolute Gasteiger partial charge is 0.481 e. The standard InChI is InChI=1S/C23H42N2O2/c1-3-4-8-17-11-12-21-20(15-17)19(18-9-6-5-7-10-18)16-22(24-21)25(2)14-13-23(26)27/h17-22,24H,3-16H2,1-2H3,(H,26,27). The van der Waals surface area contributed by atoms with Gasteiger partial charge in [0.15, 0.2) is 0 Å². The molecule has 2 aliphatic carbocycles. The van der Waals surface area contributed by atoms with Crippen LogP contribution in [0.25, 0.3) is 0 Å². The van der Waals surface area contributed by atoms with Crippen LogP contribution in [0.15, 0.2) is 0 Å². The van der Waals surface area contributed by atoms with Crippen LogP contribution in [0, 0.1) is 23.7 Å². The fraction of sp³-hybridized carbons (Fsp3) is 0.957. The summed E-state index contributed by atoms with van der Waals surface area (Å²) in [5.41, 5.74) is 0. The zero-order chi connectivity index (χ0) is 19.2. The molecular weight excluding hydrogens is 336 g/mol. The lowest BCUT2D eigenvalue weighted by molar-refractivity contribution is -0.137. The van der Waals surface area contributed by atoms with E-state index in [0.29, 0.717) is 18.8 Å². The Morgan fingerprint density at radius 2 is 1.85 bits per heavy atom. The maximum absolute atomic E-state index is 11.0. The Balaban J connectivity index is 1.67. The summed E-state index contributed by atoms with van der Waals surface area (Å²) < 4.78 is 0. The molecule has 5 unspecified atom stereocenters. The van der Waals surface area contributed by atoms with Gasteiger partial charge < -0.3 is 5.11 Å². The first-order valence-corrected chi connectivity index (χ1v) is 11.8. The number of hydrogen-bond donors (Lipinski definition) is 2. The zero-order valence-electron chi connectivity index (χ0n) is 17.7. The second-order valence-electron chi connectivity index (χ2n) is 9.70. The predicted molar refractivity (Wildman–Crippen MR) is 111 cm³/mol. The summed E-state index contributed by atoms with van der Waals surface area (Å²) in [6, 6.07) is 0.654. The number of nitrogens with one attached hydrogen (secondary N) is 1. The molecule has 1 heterocycles. The molecule has 2 N–H and O–H groups in total. The van der Waals surface area contributed by atoms with Gasteiger partial charge in [0.1, 0.15) is 0 Å². The number of carboxylic acid groups (broad SMARTS) is 1. The number of unbranched alkanes of at least 4 members (excludes halogenated alkanes) is 1. The van der Waals surface area contributed by atoms with Crippen molar-refractivity contribution in [1.82, 2.24) is 10.2 Å². The molecule has 0 radical (unpaired) electrons. The van der Waals surface area contributed by atoms with Gasteiger partial charge in [0.25, 0.3) is 0 Å². The van der Waals surface area contributed by atoms with E-state index in [1.807, 2.05) is 0 Å². The highest BCUT2D eigenvalue weighted by Gasteiger charge is 2.44. The van der Waals surface area contributed by atoms with Gasteiger partial charge in [0, 0.05) is 12.6 Å². The molecule has 4 nitrogen and oxygen atoms in total. The molecule has 27 heavy (non-hydrogen) atoms. The minimum atomic E-state index is -0.684. The van der Waals surface area contributed by atoms with E-state index in [1.54, 1.807) is 0 Å². The van der Waals surface area contributed by atoms with Crippen molar-refractivity contribution in [2.24, 2.45) is 23.7 Å². The lowest BCUT2D eigenvalue weighted by Gasteiger charge is -2.52. The molecule has 0 aromatic carbocycles. The van der Waals surface area contributed by atoms with E-state index in [0.717, 1.165) is 23.7 Å². The van der Waals surface area contributed by atoms with Crippen molar-refractivity contribution in [3.05, 3.63) is 0 Å². The third-order valence-corrected chi connectivity index (χ3v) is 7.89. The Labute approximate surface area is 166 Å².